The van der Waals surface area contributed by atoms with Crippen molar-refractivity contribution >= 4 is 53.5 Å². The maximum Gasteiger partial charge on any atom is 0.333 e. The molecule has 4 atom stereocenters. The van der Waals surface area contributed by atoms with Crippen molar-refractivity contribution in [3.05, 3.63) is 12.1 Å². The van der Waals surface area contributed by atoms with E-state index in [2.05, 4.69) is 21.3 Å². The van der Waals surface area contributed by atoms with Crippen molar-refractivity contribution in [1.82, 2.24) is 26.0 Å². The molecule has 4 unspecified atom stereocenters. The first-order chi connectivity index (χ1) is 29.4. The number of nitrogens with one attached hydrogen (secondary N) is 4. The minimum absolute atomic E-state index is 0.0884. The molecule has 1 heterocycles. The first kappa shape index (κ1) is 54.0. The van der Waals surface area contributed by atoms with E-state index < -0.39 is 128 Å². The van der Waals surface area contributed by atoms with Crippen molar-refractivity contribution in [3.63, 3.8) is 0 Å². The number of aliphatic hydroxyl groups excluding tert-OH is 1. The zero-order valence-electron chi connectivity index (χ0n) is 34.6. The fourth-order valence-corrected chi connectivity index (χ4v) is 6.00. The number of carbonyl (C=O) groups is 9. The van der Waals surface area contributed by atoms with Gasteiger partial charge in [0.2, 0.25) is 35.4 Å². The molecule has 4 amide bonds. The molecule has 0 aromatic carbocycles. The summed E-state index contributed by atoms with van der Waals surface area (Å²) in [6, 6.07) is -3.36. The zero-order valence-corrected chi connectivity index (χ0v) is 34.6. The lowest BCUT2D eigenvalue weighted by Crippen LogP contribution is -2.45. The molecular weight excluding hydrogens is 826 g/mol. The monoisotopic (exact) mass is 887 g/mol. The fraction of sp³-hybridized carbons (Fsp3) is 0.667. The summed E-state index contributed by atoms with van der Waals surface area (Å²) in [7, 11) is 0. The SMILES string of the molecule is O=C(O)CCCCCCCCCCCCC(=O)NC(CCC(=O)NC(CCC(=O)NC(CCC(=O)NC(CCC(=O)On1c(O)ccc1O)C(=O)O)COCO)C(=O)O)C(=O)O. The molecule has 350 valence electrons. The van der Waals surface area contributed by atoms with Gasteiger partial charge < -0.3 is 66.6 Å². The number of amides is 4. The minimum atomic E-state index is -1.56. The number of aliphatic carboxylic acids is 4. The Bertz CT molecular complexity index is 1600. The summed E-state index contributed by atoms with van der Waals surface area (Å²) in [6.07, 6.45) is 6.02. The maximum absolute atomic E-state index is 12.7. The van der Waals surface area contributed by atoms with E-state index in [9.17, 15) is 68.7 Å². The summed E-state index contributed by atoms with van der Waals surface area (Å²) in [6.45, 7) is -1.06. The summed E-state index contributed by atoms with van der Waals surface area (Å²) >= 11 is 0. The van der Waals surface area contributed by atoms with Gasteiger partial charge in [-0.3, -0.25) is 24.0 Å². The number of nitrogens with zero attached hydrogens (tertiary/aromatic N) is 1. The molecule has 1 aromatic heterocycles. The Hall–Kier alpha value is -5.97. The van der Waals surface area contributed by atoms with Crippen LogP contribution in [-0.2, 0) is 47.9 Å². The Labute approximate surface area is 357 Å². The van der Waals surface area contributed by atoms with E-state index in [1.807, 2.05) is 0 Å². The van der Waals surface area contributed by atoms with Crippen LogP contribution < -0.4 is 26.1 Å². The molecule has 23 nitrogen and oxygen atoms in total. The third kappa shape index (κ3) is 25.0. The molecule has 11 N–H and O–H groups in total. The molecule has 0 bridgehead atoms. The second kappa shape index (κ2) is 31.0. The number of aromatic hydroxyl groups is 2. The van der Waals surface area contributed by atoms with Crippen molar-refractivity contribution in [2.75, 3.05) is 13.4 Å². The molecular formula is C39H61N5O18. The van der Waals surface area contributed by atoms with Gasteiger partial charge in [-0.15, -0.1) is 4.73 Å². The molecule has 0 spiro atoms. The van der Waals surface area contributed by atoms with Crippen LogP contribution in [0.2, 0.25) is 0 Å². The Balaban J connectivity index is 2.49. The Morgan fingerprint density at radius 1 is 0.500 bits per heavy atom. The molecule has 0 fully saturated rings. The van der Waals surface area contributed by atoms with Gasteiger partial charge in [0.1, 0.15) is 24.9 Å². The summed E-state index contributed by atoms with van der Waals surface area (Å²) < 4.78 is 5.34. The van der Waals surface area contributed by atoms with Gasteiger partial charge in [-0.25, -0.2) is 19.2 Å². The molecule has 1 aromatic rings. The smallest absolute Gasteiger partial charge is 0.333 e. The highest BCUT2D eigenvalue weighted by molar-refractivity contribution is 5.87. The molecule has 0 aliphatic carbocycles. The van der Waals surface area contributed by atoms with E-state index >= 15 is 0 Å². The van der Waals surface area contributed by atoms with Crippen LogP contribution in [0, 0.1) is 0 Å². The highest BCUT2D eigenvalue weighted by Gasteiger charge is 2.26. The summed E-state index contributed by atoms with van der Waals surface area (Å²) in [5.41, 5.74) is 0. The Kier molecular flexibility index (Phi) is 27.0. The third-order valence-electron chi connectivity index (χ3n) is 9.39. The van der Waals surface area contributed by atoms with Crippen molar-refractivity contribution in [2.24, 2.45) is 0 Å². The van der Waals surface area contributed by atoms with E-state index in [-0.39, 0.29) is 38.7 Å². The van der Waals surface area contributed by atoms with Crippen molar-refractivity contribution < 1.29 is 88.5 Å². The van der Waals surface area contributed by atoms with Gasteiger partial charge in [-0.05, 0) is 38.5 Å². The van der Waals surface area contributed by atoms with E-state index in [1.54, 1.807) is 0 Å². The van der Waals surface area contributed by atoms with Gasteiger partial charge in [0.25, 0.3) is 0 Å². The van der Waals surface area contributed by atoms with Crippen molar-refractivity contribution in [2.45, 2.75) is 153 Å². The molecule has 0 saturated heterocycles. The predicted molar refractivity (Wildman–Crippen MR) is 213 cm³/mol. The molecule has 1 rings (SSSR count). The van der Waals surface area contributed by atoms with Crippen LogP contribution in [0.15, 0.2) is 12.1 Å². The van der Waals surface area contributed by atoms with Gasteiger partial charge in [-0.2, -0.15) is 0 Å². The zero-order chi connectivity index (χ0) is 46.5. The van der Waals surface area contributed by atoms with Crippen LogP contribution in [0.3, 0.4) is 0 Å². The van der Waals surface area contributed by atoms with Gasteiger partial charge in [0, 0.05) is 44.2 Å². The number of aromatic nitrogens is 1. The highest BCUT2D eigenvalue weighted by Crippen LogP contribution is 2.19. The lowest BCUT2D eigenvalue weighted by Gasteiger charge is -2.20. The van der Waals surface area contributed by atoms with Crippen LogP contribution in [0.4, 0.5) is 0 Å². The first-order valence-electron chi connectivity index (χ1n) is 20.5. The molecule has 0 saturated carbocycles. The number of carbonyl (C=O) groups excluding carboxylic acids is 5. The summed E-state index contributed by atoms with van der Waals surface area (Å²) in [4.78, 5) is 113. The molecule has 0 aliphatic heterocycles. The normalized spacial score (nSPS) is 12.9. The highest BCUT2D eigenvalue weighted by atomic mass is 16.7. The van der Waals surface area contributed by atoms with Crippen molar-refractivity contribution in [3.8, 4) is 11.8 Å². The van der Waals surface area contributed by atoms with E-state index in [0.717, 1.165) is 63.5 Å². The number of hydrogen-bond acceptors (Lipinski definition) is 14. The molecule has 0 radical (unpaired) electrons. The number of unbranched alkanes of at least 4 members (excludes halogenated alkanes) is 9. The largest absolute Gasteiger partial charge is 0.492 e. The molecule has 62 heavy (non-hydrogen) atoms. The van der Waals surface area contributed by atoms with Crippen LogP contribution in [0.1, 0.15) is 128 Å². The lowest BCUT2D eigenvalue weighted by molar-refractivity contribution is -0.147. The standard InChI is InChI=1S/C39H61N5O18/c45-24-61-23-25(13-17-31(48)43-28(39(59)60)16-22-36(54)62-44-33(50)20-21-34(44)51)40-30(47)18-14-27(38(57)58)42-32(49)19-15-26(37(55)56)41-29(46)11-9-7-5-3-1-2-4-6-8-10-12-35(52)53/h20-21,25-28,45,50-51H,1-19,22-24H2,(H,40,47)(H,41,46)(H,42,49)(H,43,48)(H,52,53)(H,55,56)(H,57,58)(H,59,60). The Morgan fingerprint density at radius 3 is 1.29 bits per heavy atom. The first-order valence-corrected chi connectivity index (χ1v) is 20.5. The van der Waals surface area contributed by atoms with E-state index in [4.69, 9.17) is 19.8 Å². The van der Waals surface area contributed by atoms with E-state index in [1.165, 1.54) is 0 Å². The Morgan fingerprint density at radius 2 is 0.871 bits per heavy atom. The quantitative estimate of drug-likeness (QED) is 0.0329. The minimum Gasteiger partial charge on any atom is -0.492 e. The molecule has 23 heteroatoms. The lowest BCUT2D eigenvalue weighted by atomic mass is 10.0. The van der Waals surface area contributed by atoms with Gasteiger partial charge in [0.05, 0.1) is 19.1 Å². The number of ether oxygens (including phenoxy) is 1. The van der Waals surface area contributed by atoms with Crippen LogP contribution >= 0.6 is 0 Å². The average Bonchev–Trinajstić information content (AvgIpc) is 3.52. The number of rotatable bonds is 36. The average molecular weight is 888 g/mol. The van der Waals surface area contributed by atoms with Gasteiger partial charge in [0.15, 0.2) is 0 Å². The summed E-state index contributed by atoms with van der Waals surface area (Å²) in [5, 5.41) is 74.9. The fourth-order valence-electron chi connectivity index (χ4n) is 6.00. The van der Waals surface area contributed by atoms with Crippen LogP contribution in [0.25, 0.3) is 0 Å². The second-order valence-corrected chi connectivity index (χ2v) is 14.5. The number of carboxylic acids is 4. The summed E-state index contributed by atoms with van der Waals surface area (Å²) in [5.74, 6) is -10.2. The van der Waals surface area contributed by atoms with Crippen molar-refractivity contribution in [1.29, 1.82) is 0 Å². The van der Waals surface area contributed by atoms with E-state index in [0.29, 0.717) is 17.6 Å². The number of hydrogen-bond donors (Lipinski definition) is 11. The third-order valence-corrected chi connectivity index (χ3v) is 9.39. The van der Waals surface area contributed by atoms with Crippen LogP contribution in [0.5, 0.6) is 11.8 Å². The van der Waals surface area contributed by atoms with Gasteiger partial charge in [-0.1, -0.05) is 51.4 Å². The van der Waals surface area contributed by atoms with Gasteiger partial charge >= 0.3 is 29.8 Å². The molecule has 0 aliphatic rings. The topological polar surface area (TPSA) is 367 Å². The number of carboxylic acid groups (broad SMARTS) is 4. The second-order valence-electron chi connectivity index (χ2n) is 14.5. The van der Waals surface area contributed by atoms with Crippen LogP contribution in [-0.4, -0.2) is 132 Å². The maximum atomic E-state index is 12.7. The number of aliphatic hydroxyl groups is 1. The predicted octanol–water partition coefficient (Wildman–Crippen LogP) is 0.901.